The highest BCUT2D eigenvalue weighted by molar-refractivity contribution is 5.90. The Morgan fingerprint density at radius 3 is 2.93 bits per heavy atom. The lowest BCUT2D eigenvalue weighted by Crippen LogP contribution is -2.25. The number of hydrogen-bond donors (Lipinski definition) is 1. The van der Waals surface area contributed by atoms with E-state index in [-0.39, 0.29) is 6.04 Å². The Hall–Kier alpha value is -1.36. The van der Waals surface area contributed by atoms with Crippen LogP contribution in [0.5, 0.6) is 0 Å². The van der Waals surface area contributed by atoms with Crippen molar-refractivity contribution in [1.29, 1.82) is 0 Å². The Morgan fingerprint density at radius 2 is 2.29 bits per heavy atom. The first-order valence-corrected chi connectivity index (χ1v) is 4.70. The molecule has 2 heterocycles. The van der Waals surface area contributed by atoms with Crippen molar-refractivity contribution < 1.29 is 9.53 Å². The van der Waals surface area contributed by atoms with Crippen LogP contribution in [0.15, 0.2) is 12.3 Å². The van der Waals surface area contributed by atoms with Crippen molar-refractivity contribution in [2.75, 3.05) is 13.2 Å². The number of carbonyl (C=O) groups is 1. The molecule has 0 unspecified atom stereocenters. The van der Waals surface area contributed by atoms with Gasteiger partial charge in [0, 0.05) is 19.4 Å². The monoisotopic (exact) mass is 195 g/mol. The predicted molar refractivity (Wildman–Crippen MR) is 49.8 cm³/mol. The van der Waals surface area contributed by atoms with Crippen LogP contribution in [0, 0.1) is 0 Å². The fourth-order valence-electron chi connectivity index (χ4n) is 1.73. The zero-order chi connectivity index (χ0) is 9.97. The Labute approximate surface area is 81.8 Å². The van der Waals surface area contributed by atoms with Crippen molar-refractivity contribution in [3.05, 3.63) is 18.0 Å². The number of primary amides is 1. The lowest BCUT2D eigenvalue weighted by molar-refractivity contribution is 0.0645. The van der Waals surface area contributed by atoms with E-state index >= 15 is 0 Å². The molecule has 1 saturated heterocycles. The second kappa shape index (κ2) is 3.79. The van der Waals surface area contributed by atoms with Gasteiger partial charge in [-0.1, -0.05) is 0 Å². The predicted octanol–water partition coefficient (Wildman–Crippen LogP) is 0.333. The third-order valence-electron chi connectivity index (χ3n) is 2.46. The molecule has 1 aliphatic rings. The van der Waals surface area contributed by atoms with Crippen LogP contribution in [-0.4, -0.2) is 28.9 Å². The summed E-state index contributed by atoms with van der Waals surface area (Å²) < 4.78 is 6.95. The number of ether oxygens (including phenoxy) is 1. The molecular formula is C9H13N3O2. The molecule has 0 aromatic carbocycles. The van der Waals surface area contributed by atoms with Crippen LogP contribution in [0.3, 0.4) is 0 Å². The molecular weight excluding hydrogens is 182 g/mol. The Bertz CT molecular complexity index is 329. The van der Waals surface area contributed by atoms with Crippen LogP contribution in [0.4, 0.5) is 0 Å². The van der Waals surface area contributed by atoms with Gasteiger partial charge in [-0.2, -0.15) is 5.10 Å². The first kappa shape index (κ1) is 9.21. The third kappa shape index (κ3) is 1.63. The highest BCUT2D eigenvalue weighted by Crippen LogP contribution is 2.21. The molecule has 1 aromatic rings. The second-order valence-electron chi connectivity index (χ2n) is 3.37. The summed E-state index contributed by atoms with van der Waals surface area (Å²) in [5.41, 5.74) is 5.72. The Balaban J connectivity index is 2.21. The molecule has 14 heavy (non-hydrogen) atoms. The van der Waals surface area contributed by atoms with Crippen LogP contribution < -0.4 is 5.73 Å². The van der Waals surface area contributed by atoms with Gasteiger partial charge in [-0.05, 0) is 18.9 Å². The summed E-state index contributed by atoms with van der Waals surface area (Å²) in [4.78, 5) is 11.1. The SMILES string of the molecule is NC(=O)c1ccnn1C1CCOCC1. The smallest absolute Gasteiger partial charge is 0.266 e. The number of rotatable bonds is 2. The summed E-state index contributed by atoms with van der Waals surface area (Å²) in [5.74, 6) is -0.422. The van der Waals surface area contributed by atoms with Gasteiger partial charge < -0.3 is 10.5 Å². The standard InChI is InChI=1S/C9H13N3O2/c10-9(13)8-1-4-11-12(8)7-2-5-14-6-3-7/h1,4,7H,2-3,5-6H2,(H2,10,13). The maximum absolute atomic E-state index is 11.1. The van der Waals surface area contributed by atoms with Crippen molar-refractivity contribution in [3.8, 4) is 0 Å². The molecule has 5 nitrogen and oxygen atoms in total. The van der Waals surface area contributed by atoms with Crippen LogP contribution in [0.2, 0.25) is 0 Å². The molecule has 5 heteroatoms. The van der Waals surface area contributed by atoms with E-state index in [0.29, 0.717) is 5.69 Å². The first-order valence-electron chi connectivity index (χ1n) is 4.70. The Morgan fingerprint density at radius 1 is 1.57 bits per heavy atom. The fourth-order valence-corrected chi connectivity index (χ4v) is 1.73. The molecule has 1 aliphatic heterocycles. The van der Waals surface area contributed by atoms with E-state index in [1.165, 1.54) is 0 Å². The van der Waals surface area contributed by atoms with Crippen LogP contribution >= 0.6 is 0 Å². The molecule has 1 fully saturated rings. The number of aromatic nitrogens is 2. The van der Waals surface area contributed by atoms with Crippen molar-refractivity contribution in [2.45, 2.75) is 18.9 Å². The van der Waals surface area contributed by atoms with E-state index in [2.05, 4.69) is 5.10 Å². The zero-order valence-corrected chi connectivity index (χ0v) is 7.85. The molecule has 0 radical (unpaired) electrons. The minimum atomic E-state index is -0.422. The van der Waals surface area contributed by atoms with Gasteiger partial charge in [0.2, 0.25) is 0 Å². The second-order valence-corrected chi connectivity index (χ2v) is 3.37. The first-order chi connectivity index (χ1) is 6.79. The average Bonchev–Trinajstić information content (AvgIpc) is 2.67. The van der Waals surface area contributed by atoms with Gasteiger partial charge >= 0.3 is 0 Å². The minimum Gasteiger partial charge on any atom is -0.381 e. The quantitative estimate of drug-likeness (QED) is 0.739. The number of hydrogen-bond acceptors (Lipinski definition) is 3. The lowest BCUT2D eigenvalue weighted by atomic mass is 10.1. The van der Waals surface area contributed by atoms with Gasteiger partial charge in [-0.3, -0.25) is 9.48 Å². The molecule has 0 spiro atoms. The number of amides is 1. The highest BCUT2D eigenvalue weighted by Gasteiger charge is 2.20. The van der Waals surface area contributed by atoms with Crippen molar-refractivity contribution in [1.82, 2.24) is 9.78 Å². The van der Waals surface area contributed by atoms with Crippen molar-refractivity contribution >= 4 is 5.91 Å². The number of carbonyl (C=O) groups excluding carboxylic acids is 1. The zero-order valence-electron chi connectivity index (χ0n) is 7.85. The van der Waals surface area contributed by atoms with E-state index in [1.807, 2.05) is 0 Å². The molecule has 2 N–H and O–H groups in total. The largest absolute Gasteiger partial charge is 0.381 e. The summed E-state index contributed by atoms with van der Waals surface area (Å²) in [6, 6.07) is 1.90. The summed E-state index contributed by atoms with van der Waals surface area (Å²) in [6.45, 7) is 1.45. The average molecular weight is 195 g/mol. The van der Waals surface area contributed by atoms with E-state index in [9.17, 15) is 4.79 Å². The van der Waals surface area contributed by atoms with E-state index < -0.39 is 5.91 Å². The van der Waals surface area contributed by atoms with Crippen molar-refractivity contribution in [3.63, 3.8) is 0 Å². The van der Waals surface area contributed by atoms with Gasteiger partial charge in [0.15, 0.2) is 0 Å². The van der Waals surface area contributed by atoms with E-state index in [0.717, 1.165) is 26.1 Å². The third-order valence-corrected chi connectivity index (χ3v) is 2.46. The normalized spacial score (nSPS) is 18.3. The van der Waals surface area contributed by atoms with E-state index in [4.69, 9.17) is 10.5 Å². The molecule has 2 rings (SSSR count). The van der Waals surface area contributed by atoms with Crippen LogP contribution in [0.1, 0.15) is 29.4 Å². The highest BCUT2D eigenvalue weighted by atomic mass is 16.5. The number of nitrogens with two attached hydrogens (primary N) is 1. The molecule has 0 atom stereocenters. The maximum atomic E-state index is 11.1. The summed E-state index contributed by atoms with van der Waals surface area (Å²) in [6.07, 6.45) is 3.39. The van der Waals surface area contributed by atoms with Crippen LogP contribution in [0.25, 0.3) is 0 Å². The fraction of sp³-hybridized carbons (Fsp3) is 0.556. The minimum absolute atomic E-state index is 0.251. The molecule has 76 valence electrons. The summed E-state index contributed by atoms with van der Waals surface area (Å²) in [7, 11) is 0. The van der Waals surface area contributed by atoms with Gasteiger partial charge in [0.1, 0.15) is 5.69 Å². The van der Waals surface area contributed by atoms with Gasteiger partial charge in [-0.25, -0.2) is 0 Å². The molecule has 1 aromatic heterocycles. The Kier molecular flexibility index (Phi) is 2.49. The number of nitrogens with zero attached hydrogens (tertiary/aromatic N) is 2. The van der Waals surface area contributed by atoms with Gasteiger partial charge in [-0.15, -0.1) is 0 Å². The summed E-state index contributed by atoms with van der Waals surface area (Å²) in [5, 5.41) is 4.12. The topological polar surface area (TPSA) is 70.1 Å². The van der Waals surface area contributed by atoms with Crippen molar-refractivity contribution in [2.24, 2.45) is 5.73 Å². The lowest BCUT2D eigenvalue weighted by Gasteiger charge is -2.23. The van der Waals surface area contributed by atoms with Crippen LogP contribution in [-0.2, 0) is 4.74 Å². The van der Waals surface area contributed by atoms with Gasteiger partial charge in [0.05, 0.1) is 6.04 Å². The molecule has 1 amide bonds. The molecule has 0 saturated carbocycles. The maximum Gasteiger partial charge on any atom is 0.266 e. The van der Waals surface area contributed by atoms with Gasteiger partial charge in [0.25, 0.3) is 5.91 Å². The molecule has 0 aliphatic carbocycles. The van der Waals surface area contributed by atoms with E-state index in [1.54, 1.807) is 16.9 Å². The molecule has 0 bridgehead atoms. The summed E-state index contributed by atoms with van der Waals surface area (Å²) >= 11 is 0.